The number of anilines is 2. The molecule has 2 N–H and O–H groups in total. The van der Waals surface area contributed by atoms with Crippen LogP contribution >= 0.6 is 11.6 Å². The molecule has 0 aromatic heterocycles. The Hall–Kier alpha value is -3.13. The van der Waals surface area contributed by atoms with Crippen LogP contribution in [-0.2, 0) is 4.79 Å². The number of hydrogen-bond acceptors (Lipinski definition) is 5. The fourth-order valence-electron chi connectivity index (χ4n) is 3.17. The summed E-state index contributed by atoms with van der Waals surface area (Å²) in [6, 6.07) is 9.37. The summed E-state index contributed by atoms with van der Waals surface area (Å²) in [6.07, 6.45) is 0.189. The summed E-state index contributed by atoms with van der Waals surface area (Å²) in [4.78, 5) is 26.5. The van der Waals surface area contributed by atoms with Gasteiger partial charge in [-0.3, -0.25) is 4.79 Å². The molecule has 2 aromatic carbocycles. The molecular weight excluding hydrogens is 398 g/mol. The first-order valence-corrected chi connectivity index (χ1v) is 9.26. The van der Waals surface area contributed by atoms with E-state index in [-0.39, 0.29) is 18.4 Å². The molecule has 1 atom stereocenters. The number of amides is 3. The number of benzene rings is 2. The topological polar surface area (TPSA) is 89.1 Å². The molecule has 0 unspecified atom stereocenters. The Balaban J connectivity index is 1.66. The van der Waals surface area contributed by atoms with E-state index in [1.54, 1.807) is 48.4 Å². The van der Waals surface area contributed by atoms with Crippen molar-refractivity contribution >= 4 is 34.9 Å². The van der Waals surface area contributed by atoms with Crippen molar-refractivity contribution in [1.82, 2.24) is 5.32 Å². The van der Waals surface area contributed by atoms with Gasteiger partial charge < -0.3 is 29.7 Å². The van der Waals surface area contributed by atoms with Gasteiger partial charge in [0.1, 0.15) is 5.75 Å². The van der Waals surface area contributed by atoms with Crippen LogP contribution in [0, 0.1) is 0 Å². The van der Waals surface area contributed by atoms with Crippen LogP contribution < -0.4 is 29.7 Å². The summed E-state index contributed by atoms with van der Waals surface area (Å²) in [5.74, 6) is 1.49. The summed E-state index contributed by atoms with van der Waals surface area (Å²) in [7, 11) is 4.58. The number of nitrogens with zero attached hydrogens (tertiary/aromatic N) is 1. The van der Waals surface area contributed by atoms with Gasteiger partial charge in [-0.2, -0.15) is 0 Å². The van der Waals surface area contributed by atoms with Crippen LogP contribution in [0.15, 0.2) is 36.4 Å². The highest BCUT2D eigenvalue weighted by Gasteiger charge is 2.32. The number of carbonyl (C=O) groups excluding carboxylic acids is 2. The van der Waals surface area contributed by atoms with Crippen molar-refractivity contribution in [3.8, 4) is 17.2 Å². The Kier molecular flexibility index (Phi) is 6.33. The standard InChI is InChI=1S/C20H22ClN3O5/c1-27-16-6-4-12(21)8-15(16)23-20(26)22-13-9-19(25)24(11-13)14-5-7-17(28-2)18(10-14)29-3/h4-8,10,13H,9,11H2,1-3H3,(H2,22,23,26)/t13-/m1/s1. The minimum Gasteiger partial charge on any atom is -0.495 e. The Morgan fingerprint density at radius 1 is 1.03 bits per heavy atom. The van der Waals surface area contributed by atoms with Crippen molar-refractivity contribution in [3.05, 3.63) is 41.4 Å². The van der Waals surface area contributed by atoms with Crippen LogP contribution in [-0.4, -0.2) is 45.9 Å². The summed E-state index contributed by atoms with van der Waals surface area (Å²) in [5.41, 5.74) is 1.12. The van der Waals surface area contributed by atoms with Gasteiger partial charge in [-0.05, 0) is 30.3 Å². The molecule has 0 aliphatic carbocycles. The molecule has 1 heterocycles. The normalized spacial score (nSPS) is 15.8. The number of methoxy groups -OCH3 is 3. The smallest absolute Gasteiger partial charge is 0.319 e. The van der Waals surface area contributed by atoms with Crippen LogP contribution in [0.2, 0.25) is 5.02 Å². The Morgan fingerprint density at radius 2 is 1.72 bits per heavy atom. The van der Waals surface area contributed by atoms with Crippen LogP contribution in [0.4, 0.5) is 16.2 Å². The molecule has 0 saturated carbocycles. The van der Waals surface area contributed by atoms with Crippen molar-refractivity contribution in [2.45, 2.75) is 12.5 Å². The van der Waals surface area contributed by atoms with Crippen molar-refractivity contribution in [1.29, 1.82) is 0 Å². The first-order valence-electron chi connectivity index (χ1n) is 8.88. The first kappa shape index (κ1) is 20.6. The van der Waals surface area contributed by atoms with E-state index in [0.29, 0.717) is 40.2 Å². The third kappa shape index (κ3) is 4.65. The molecule has 1 aliphatic rings. The fourth-order valence-corrected chi connectivity index (χ4v) is 3.34. The van der Waals surface area contributed by atoms with Crippen molar-refractivity contribution in [2.24, 2.45) is 0 Å². The Labute approximate surface area is 173 Å². The SMILES string of the molecule is COc1ccc(Cl)cc1NC(=O)N[C@@H]1CC(=O)N(c2ccc(OC)c(OC)c2)C1. The van der Waals surface area contributed by atoms with Gasteiger partial charge in [0, 0.05) is 29.7 Å². The monoisotopic (exact) mass is 419 g/mol. The quantitative estimate of drug-likeness (QED) is 0.750. The van der Waals surface area contributed by atoms with Gasteiger partial charge in [0.2, 0.25) is 5.91 Å². The number of urea groups is 1. The maximum absolute atomic E-state index is 12.5. The second kappa shape index (κ2) is 8.91. The number of carbonyl (C=O) groups is 2. The zero-order valence-corrected chi connectivity index (χ0v) is 17.1. The van der Waals surface area contributed by atoms with Crippen LogP contribution in [0.3, 0.4) is 0 Å². The average molecular weight is 420 g/mol. The van der Waals surface area contributed by atoms with Gasteiger partial charge in [-0.1, -0.05) is 11.6 Å². The molecule has 154 valence electrons. The molecule has 0 radical (unpaired) electrons. The molecular formula is C20H22ClN3O5. The summed E-state index contributed by atoms with van der Waals surface area (Å²) < 4.78 is 15.7. The fraction of sp³-hybridized carbons (Fsp3) is 0.300. The summed E-state index contributed by atoms with van der Waals surface area (Å²) in [5, 5.41) is 5.99. The minimum absolute atomic E-state index is 0.0946. The van der Waals surface area contributed by atoms with Crippen LogP contribution in [0.5, 0.6) is 17.2 Å². The molecule has 3 amide bonds. The van der Waals surface area contributed by atoms with E-state index >= 15 is 0 Å². The van der Waals surface area contributed by atoms with Crippen LogP contribution in [0.1, 0.15) is 6.42 Å². The largest absolute Gasteiger partial charge is 0.495 e. The molecule has 9 heteroatoms. The van der Waals surface area contributed by atoms with E-state index < -0.39 is 6.03 Å². The van der Waals surface area contributed by atoms with Gasteiger partial charge in [-0.25, -0.2) is 4.79 Å². The highest BCUT2D eigenvalue weighted by atomic mass is 35.5. The second-order valence-electron chi connectivity index (χ2n) is 6.39. The summed E-state index contributed by atoms with van der Waals surface area (Å²) >= 11 is 5.98. The third-order valence-electron chi connectivity index (χ3n) is 4.55. The lowest BCUT2D eigenvalue weighted by atomic mass is 10.2. The van der Waals surface area contributed by atoms with E-state index in [0.717, 1.165) is 0 Å². The number of rotatable bonds is 6. The molecule has 1 fully saturated rings. The van der Waals surface area contributed by atoms with E-state index in [9.17, 15) is 9.59 Å². The zero-order valence-electron chi connectivity index (χ0n) is 16.3. The third-order valence-corrected chi connectivity index (χ3v) is 4.78. The molecule has 1 aliphatic heterocycles. The first-order chi connectivity index (χ1) is 13.9. The van der Waals surface area contributed by atoms with Gasteiger partial charge in [0.15, 0.2) is 11.5 Å². The van der Waals surface area contributed by atoms with Crippen molar-refractivity contribution in [2.75, 3.05) is 38.1 Å². The second-order valence-corrected chi connectivity index (χ2v) is 6.82. The Morgan fingerprint density at radius 3 is 2.41 bits per heavy atom. The lowest BCUT2D eigenvalue weighted by molar-refractivity contribution is -0.117. The lowest BCUT2D eigenvalue weighted by Gasteiger charge is -2.19. The molecule has 8 nitrogen and oxygen atoms in total. The van der Waals surface area contributed by atoms with E-state index in [1.807, 2.05) is 0 Å². The molecule has 2 aromatic rings. The number of ether oxygens (including phenoxy) is 3. The van der Waals surface area contributed by atoms with Gasteiger partial charge in [0.25, 0.3) is 0 Å². The van der Waals surface area contributed by atoms with E-state index in [4.69, 9.17) is 25.8 Å². The molecule has 1 saturated heterocycles. The number of halogens is 1. The Bertz CT molecular complexity index is 921. The lowest BCUT2D eigenvalue weighted by Crippen LogP contribution is -2.39. The van der Waals surface area contributed by atoms with Gasteiger partial charge >= 0.3 is 6.03 Å². The van der Waals surface area contributed by atoms with Gasteiger partial charge in [-0.15, -0.1) is 0 Å². The van der Waals surface area contributed by atoms with E-state index in [1.165, 1.54) is 14.2 Å². The molecule has 3 rings (SSSR count). The van der Waals surface area contributed by atoms with Gasteiger partial charge in [0.05, 0.1) is 33.1 Å². The maximum Gasteiger partial charge on any atom is 0.319 e. The minimum atomic E-state index is -0.447. The molecule has 0 spiro atoms. The average Bonchev–Trinajstić information content (AvgIpc) is 3.07. The van der Waals surface area contributed by atoms with E-state index in [2.05, 4.69) is 10.6 Å². The zero-order chi connectivity index (χ0) is 21.0. The van der Waals surface area contributed by atoms with Crippen molar-refractivity contribution < 1.29 is 23.8 Å². The predicted molar refractivity (Wildman–Crippen MR) is 110 cm³/mol. The number of hydrogen-bond donors (Lipinski definition) is 2. The van der Waals surface area contributed by atoms with Crippen molar-refractivity contribution in [3.63, 3.8) is 0 Å². The highest BCUT2D eigenvalue weighted by molar-refractivity contribution is 6.31. The predicted octanol–water partition coefficient (Wildman–Crippen LogP) is 3.29. The number of nitrogens with one attached hydrogen (secondary N) is 2. The summed E-state index contributed by atoms with van der Waals surface area (Å²) in [6.45, 7) is 0.342. The molecule has 0 bridgehead atoms. The maximum atomic E-state index is 12.5. The molecule has 29 heavy (non-hydrogen) atoms. The van der Waals surface area contributed by atoms with Crippen LogP contribution in [0.25, 0.3) is 0 Å². The highest BCUT2D eigenvalue weighted by Crippen LogP contribution is 2.33.